The van der Waals surface area contributed by atoms with E-state index in [0.29, 0.717) is 0 Å². The molecular formula is C9H17NO. The van der Waals surface area contributed by atoms with Gasteiger partial charge in [-0.2, -0.15) is 0 Å². The van der Waals surface area contributed by atoms with Crippen molar-refractivity contribution in [3.8, 4) is 0 Å². The Morgan fingerprint density at radius 3 is 3.00 bits per heavy atom. The number of rotatable bonds is 1. The van der Waals surface area contributed by atoms with Gasteiger partial charge in [-0.15, -0.1) is 0 Å². The zero-order valence-corrected chi connectivity index (χ0v) is 7.21. The SMILES string of the molecule is CN1CCC/C(=C\CO)CC1. The number of likely N-dealkylation sites (tertiary alicyclic amines) is 1. The van der Waals surface area contributed by atoms with E-state index < -0.39 is 0 Å². The molecule has 2 heteroatoms. The predicted molar refractivity (Wildman–Crippen MR) is 46.5 cm³/mol. The fourth-order valence-electron chi connectivity index (χ4n) is 1.48. The molecule has 0 bridgehead atoms. The van der Waals surface area contributed by atoms with Gasteiger partial charge in [0, 0.05) is 6.54 Å². The minimum Gasteiger partial charge on any atom is -0.392 e. The predicted octanol–water partition coefficient (Wildman–Crippen LogP) is 1.02. The van der Waals surface area contributed by atoms with Crippen LogP contribution in [0.25, 0.3) is 0 Å². The van der Waals surface area contributed by atoms with E-state index in [1.165, 1.54) is 25.0 Å². The van der Waals surface area contributed by atoms with Gasteiger partial charge in [0.1, 0.15) is 0 Å². The largest absolute Gasteiger partial charge is 0.392 e. The van der Waals surface area contributed by atoms with Crippen LogP contribution in [-0.4, -0.2) is 36.8 Å². The van der Waals surface area contributed by atoms with Crippen molar-refractivity contribution in [2.24, 2.45) is 0 Å². The van der Waals surface area contributed by atoms with E-state index in [9.17, 15) is 0 Å². The molecule has 0 aromatic carbocycles. The van der Waals surface area contributed by atoms with Crippen LogP contribution in [0.3, 0.4) is 0 Å². The Morgan fingerprint density at radius 2 is 2.27 bits per heavy atom. The van der Waals surface area contributed by atoms with Crippen LogP contribution < -0.4 is 0 Å². The molecule has 1 aliphatic heterocycles. The number of hydrogen-bond acceptors (Lipinski definition) is 2. The Kier molecular flexibility index (Phi) is 3.60. The number of aliphatic hydroxyl groups is 1. The van der Waals surface area contributed by atoms with E-state index in [1.807, 2.05) is 6.08 Å². The first-order valence-corrected chi connectivity index (χ1v) is 4.30. The molecule has 0 radical (unpaired) electrons. The molecular weight excluding hydrogens is 138 g/mol. The molecule has 1 N–H and O–H groups in total. The van der Waals surface area contributed by atoms with Gasteiger partial charge in [-0.1, -0.05) is 11.6 Å². The quantitative estimate of drug-likeness (QED) is 0.571. The van der Waals surface area contributed by atoms with Crippen LogP contribution in [-0.2, 0) is 0 Å². The molecule has 0 unspecified atom stereocenters. The average Bonchev–Trinajstić information content (AvgIpc) is 2.17. The van der Waals surface area contributed by atoms with Crippen molar-refractivity contribution in [3.63, 3.8) is 0 Å². The van der Waals surface area contributed by atoms with E-state index >= 15 is 0 Å². The van der Waals surface area contributed by atoms with Gasteiger partial charge < -0.3 is 10.0 Å². The summed E-state index contributed by atoms with van der Waals surface area (Å²) >= 11 is 0. The van der Waals surface area contributed by atoms with E-state index in [0.717, 1.165) is 13.0 Å². The molecule has 1 saturated heterocycles. The first-order chi connectivity index (χ1) is 5.33. The molecule has 1 aliphatic rings. The zero-order valence-electron chi connectivity index (χ0n) is 7.21. The van der Waals surface area contributed by atoms with Crippen molar-refractivity contribution in [2.45, 2.75) is 19.3 Å². The molecule has 1 heterocycles. The van der Waals surface area contributed by atoms with Crippen molar-refractivity contribution < 1.29 is 5.11 Å². The third-order valence-corrected chi connectivity index (χ3v) is 2.23. The number of aliphatic hydroxyl groups excluding tert-OH is 1. The monoisotopic (exact) mass is 155 g/mol. The fraction of sp³-hybridized carbons (Fsp3) is 0.778. The highest BCUT2D eigenvalue weighted by Gasteiger charge is 2.06. The number of nitrogens with zero attached hydrogens (tertiary/aromatic N) is 1. The maximum absolute atomic E-state index is 8.69. The van der Waals surface area contributed by atoms with Crippen LogP contribution in [0.15, 0.2) is 11.6 Å². The highest BCUT2D eigenvalue weighted by atomic mass is 16.2. The first kappa shape index (κ1) is 8.75. The molecule has 0 amide bonds. The Morgan fingerprint density at radius 1 is 1.45 bits per heavy atom. The lowest BCUT2D eigenvalue weighted by Gasteiger charge is -2.10. The maximum atomic E-state index is 8.69. The molecule has 0 saturated carbocycles. The van der Waals surface area contributed by atoms with Crippen molar-refractivity contribution in [3.05, 3.63) is 11.6 Å². The molecule has 0 spiro atoms. The molecule has 0 aromatic rings. The molecule has 0 aromatic heterocycles. The third kappa shape index (κ3) is 3.04. The standard InChI is InChI=1S/C9H17NO/c1-10-6-2-3-9(4-7-10)5-8-11/h5,11H,2-4,6-8H2,1H3/b9-5+. The van der Waals surface area contributed by atoms with Crippen LogP contribution in [0.1, 0.15) is 19.3 Å². The highest BCUT2D eigenvalue weighted by molar-refractivity contribution is 5.03. The van der Waals surface area contributed by atoms with Crippen molar-refractivity contribution in [1.82, 2.24) is 4.90 Å². The summed E-state index contributed by atoms with van der Waals surface area (Å²) < 4.78 is 0. The van der Waals surface area contributed by atoms with Gasteiger partial charge in [0.05, 0.1) is 6.61 Å². The Hall–Kier alpha value is -0.340. The summed E-state index contributed by atoms with van der Waals surface area (Å²) in [6.07, 6.45) is 5.50. The summed E-state index contributed by atoms with van der Waals surface area (Å²) in [5, 5.41) is 8.69. The molecule has 11 heavy (non-hydrogen) atoms. The Bertz CT molecular complexity index is 142. The van der Waals surface area contributed by atoms with Crippen LogP contribution >= 0.6 is 0 Å². The van der Waals surface area contributed by atoms with Crippen LogP contribution in [0, 0.1) is 0 Å². The summed E-state index contributed by atoms with van der Waals surface area (Å²) in [4.78, 5) is 2.35. The minimum atomic E-state index is 0.207. The topological polar surface area (TPSA) is 23.5 Å². The van der Waals surface area contributed by atoms with Crippen molar-refractivity contribution in [2.75, 3.05) is 26.7 Å². The summed E-state index contributed by atoms with van der Waals surface area (Å²) in [5.74, 6) is 0. The van der Waals surface area contributed by atoms with Gasteiger partial charge in [-0.3, -0.25) is 0 Å². The van der Waals surface area contributed by atoms with Gasteiger partial charge in [-0.25, -0.2) is 0 Å². The fourth-order valence-corrected chi connectivity index (χ4v) is 1.48. The lowest BCUT2D eigenvalue weighted by Crippen LogP contribution is -2.18. The Balaban J connectivity index is 2.40. The van der Waals surface area contributed by atoms with Gasteiger partial charge in [0.2, 0.25) is 0 Å². The van der Waals surface area contributed by atoms with Gasteiger partial charge in [0.15, 0.2) is 0 Å². The third-order valence-electron chi connectivity index (χ3n) is 2.23. The minimum absolute atomic E-state index is 0.207. The molecule has 1 fully saturated rings. The zero-order chi connectivity index (χ0) is 8.10. The lowest BCUT2D eigenvalue weighted by molar-refractivity contribution is 0.340. The summed E-state index contributed by atoms with van der Waals surface area (Å²) in [6, 6.07) is 0. The van der Waals surface area contributed by atoms with Gasteiger partial charge >= 0.3 is 0 Å². The summed E-state index contributed by atoms with van der Waals surface area (Å²) in [7, 11) is 2.15. The smallest absolute Gasteiger partial charge is 0.0615 e. The van der Waals surface area contributed by atoms with E-state index in [-0.39, 0.29) is 6.61 Å². The van der Waals surface area contributed by atoms with Crippen molar-refractivity contribution in [1.29, 1.82) is 0 Å². The maximum Gasteiger partial charge on any atom is 0.0615 e. The van der Waals surface area contributed by atoms with E-state index in [4.69, 9.17) is 5.11 Å². The van der Waals surface area contributed by atoms with Gasteiger partial charge in [-0.05, 0) is 32.9 Å². The summed E-state index contributed by atoms with van der Waals surface area (Å²) in [5.41, 5.74) is 1.43. The molecule has 1 rings (SSSR count). The van der Waals surface area contributed by atoms with E-state index in [1.54, 1.807) is 0 Å². The van der Waals surface area contributed by atoms with Crippen molar-refractivity contribution >= 4 is 0 Å². The molecule has 64 valence electrons. The van der Waals surface area contributed by atoms with Crippen LogP contribution in [0.4, 0.5) is 0 Å². The highest BCUT2D eigenvalue weighted by Crippen LogP contribution is 2.14. The Labute approximate surface area is 68.5 Å². The number of hydrogen-bond donors (Lipinski definition) is 1. The first-order valence-electron chi connectivity index (χ1n) is 4.30. The normalized spacial score (nSPS) is 25.5. The molecule has 0 atom stereocenters. The van der Waals surface area contributed by atoms with Crippen LogP contribution in [0.5, 0.6) is 0 Å². The van der Waals surface area contributed by atoms with Gasteiger partial charge in [0.25, 0.3) is 0 Å². The summed E-state index contributed by atoms with van der Waals surface area (Å²) in [6.45, 7) is 2.55. The van der Waals surface area contributed by atoms with Crippen LogP contribution in [0.2, 0.25) is 0 Å². The lowest BCUT2D eigenvalue weighted by atomic mass is 10.1. The average molecular weight is 155 g/mol. The second-order valence-electron chi connectivity index (χ2n) is 3.20. The second kappa shape index (κ2) is 4.52. The molecule has 0 aliphatic carbocycles. The second-order valence-corrected chi connectivity index (χ2v) is 3.20. The molecule has 2 nitrogen and oxygen atoms in total. The van der Waals surface area contributed by atoms with E-state index in [2.05, 4.69) is 11.9 Å².